The molecule has 1 N–H and O–H groups in total. The van der Waals surface area contributed by atoms with E-state index in [0.29, 0.717) is 18.2 Å². The molecule has 0 aliphatic heterocycles. The fraction of sp³-hybridized carbons (Fsp3) is 0.455. The van der Waals surface area contributed by atoms with Crippen molar-refractivity contribution in [2.45, 2.75) is 0 Å². The Bertz CT molecular complexity index is 354. The Labute approximate surface area is 105 Å². The summed E-state index contributed by atoms with van der Waals surface area (Å²) < 4.78 is 0. The highest BCUT2D eigenvalue weighted by molar-refractivity contribution is 7.13. The molecular weight excluding hydrogens is 238 g/mol. The second-order valence-corrected chi connectivity index (χ2v) is 4.39. The first-order valence-corrected chi connectivity index (χ1v) is 6.17. The molecule has 0 aromatic carbocycles. The Morgan fingerprint density at radius 2 is 2.47 bits per heavy atom. The number of nitrogens with zero attached hydrogens (tertiary/aromatic N) is 3. The van der Waals surface area contributed by atoms with Crippen molar-refractivity contribution < 1.29 is 9.90 Å². The molecule has 94 valence electrons. The average molecular weight is 255 g/mol. The zero-order valence-electron chi connectivity index (χ0n) is 9.87. The molecule has 5 nitrogen and oxygen atoms in total. The van der Waals surface area contributed by atoms with Crippen LogP contribution in [0, 0.1) is 0 Å². The van der Waals surface area contributed by atoms with Crippen LogP contribution in [0.5, 0.6) is 0 Å². The van der Waals surface area contributed by atoms with Gasteiger partial charge in [0.2, 0.25) is 5.91 Å². The van der Waals surface area contributed by atoms with E-state index in [1.165, 1.54) is 16.2 Å². The minimum Gasteiger partial charge on any atom is -0.395 e. The van der Waals surface area contributed by atoms with Gasteiger partial charge in [0.15, 0.2) is 5.13 Å². The Balaban J connectivity index is 2.54. The molecule has 0 spiro atoms. The van der Waals surface area contributed by atoms with Gasteiger partial charge in [-0.15, -0.1) is 17.9 Å². The Morgan fingerprint density at radius 1 is 1.71 bits per heavy atom. The van der Waals surface area contributed by atoms with Gasteiger partial charge in [0.1, 0.15) is 0 Å². The van der Waals surface area contributed by atoms with Crippen LogP contribution in [0.4, 0.5) is 5.13 Å². The second-order valence-electron chi connectivity index (χ2n) is 3.51. The van der Waals surface area contributed by atoms with Crippen molar-refractivity contribution in [3.63, 3.8) is 0 Å². The number of likely N-dealkylation sites (N-methyl/N-ethyl adjacent to an activating group) is 1. The lowest BCUT2D eigenvalue weighted by molar-refractivity contribution is -0.119. The van der Waals surface area contributed by atoms with E-state index in [1.54, 1.807) is 19.3 Å². The summed E-state index contributed by atoms with van der Waals surface area (Å²) >= 11 is 1.42. The minimum absolute atomic E-state index is 0.0298. The van der Waals surface area contributed by atoms with Crippen LogP contribution >= 0.6 is 11.3 Å². The van der Waals surface area contributed by atoms with E-state index in [4.69, 9.17) is 5.11 Å². The van der Waals surface area contributed by atoms with Gasteiger partial charge in [-0.05, 0) is 0 Å². The molecule has 1 aromatic rings. The van der Waals surface area contributed by atoms with Crippen molar-refractivity contribution in [1.82, 2.24) is 9.88 Å². The zero-order valence-corrected chi connectivity index (χ0v) is 10.7. The highest BCUT2D eigenvalue weighted by atomic mass is 32.1. The van der Waals surface area contributed by atoms with E-state index in [9.17, 15) is 4.79 Å². The van der Waals surface area contributed by atoms with Crippen LogP contribution in [-0.4, -0.2) is 54.2 Å². The maximum atomic E-state index is 11.9. The molecule has 0 aliphatic rings. The van der Waals surface area contributed by atoms with Crippen molar-refractivity contribution >= 4 is 22.4 Å². The number of thiazole rings is 1. The summed E-state index contributed by atoms with van der Waals surface area (Å²) in [6.45, 7) is 4.95. The molecule has 0 radical (unpaired) electrons. The molecule has 1 amide bonds. The summed E-state index contributed by atoms with van der Waals surface area (Å²) in [5.41, 5.74) is 0. The monoisotopic (exact) mass is 255 g/mol. The van der Waals surface area contributed by atoms with E-state index >= 15 is 0 Å². The van der Waals surface area contributed by atoms with Gasteiger partial charge in [-0.3, -0.25) is 14.6 Å². The number of carbonyl (C=O) groups excluding carboxylic acids is 1. The first-order valence-electron chi connectivity index (χ1n) is 5.29. The first-order chi connectivity index (χ1) is 8.19. The largest absolute Gasteiger partial charge is 0.395 e. The average Bonchev–Trinajstić information content (AvgIpc) is 2.82. The molecule has 0 aliphatic carbocycles. The van der Waals surface area contributed by atoms with Crippen LogP contribution < -0.4 is 4.90 Å². The lowest BCUT2D eigenvalue weighted by Gasteiger charge is -2.21. The first kappa shape index (κ1) is 13.8. The summed E-state index contributed by atoms with van der Waals surface area (Å²) in [4.78, 5) is 19.4. The van der Waals surface area contributed by atoms with E-state index in [-0.39, 0.29) is 19.1 Å². The quantitative estimate of drug-likeness (QED) is 0.724. The molecule has 0 saturated heterocycles. The summed E-state index contributed by atoms with van der Waals surface area (Å²) in [7, 11) is 1.70. The number of aliphatic hydroxyl groups is 1. The van der Waals surface area contributed by atoms with E-state index in [0.717, 1.165) is 0 Å². The SMILES string of the molecule is C=CCN(CCO)CC(=O)N(C)c1nccs1. The number of amides is 1. The van der Waals surface area contributed by atoms with Crippen molar-refractivity contribution in [2.24, 2.45) is 0 Å². The molecule has 17 heavy (non-hydrogen) atoms. The van der Waals surface area contributed by atoms with Gasteiger partial charge in [0.25, 0.3) is 0 Å². The number of hydrogen-bond acceptors (Lipinski definition) is 5. The Hall–Kier alpha value is -1.24. The molecule has 6 heteroatoms. The molecule has 0 bridgehead atoms. The van der Waals surface area contributed by atoms with Gasteiger partial charge in [0.05, 0.1) is 13.2 Å². The highest BCUT2D eigenvalue weighted by Gasteiger charge is 2.16. The maximum absolute atomic E-state index is 11.9. The summed E-state index contributed by atoms with van der Waals surface area (Å²) in [5.74, 6) is -0.0461. The van der Waals surface area contributed by atoms with Crippen molar-refractivity contribution in [1.29, 1.82) is 0 Å². The van der Waals surface area contributed by atoms with Crippen molar-refractivity contribution in [2.75, 3.05) is 38.2 Å². The van der Waals surface area contributed by atoms with Gasteiger partial charge in [0, 0.05) is 31.7 Å². The number of aliphatic hydroxyl groups excluding tert-OH is 1. The van der Waals surface area contributed by atoms with Gasteiger partial charge in [-0.2, -0.15) is 0 Å². The molecule has 1 heterocycles. The van der Waals surface area contributed by atoms with Crippen LogP contribution in [0.3, 0.4) is 0 Å². The molecule has 0 atom stereocenters. The zero-order chi connectivity index (χ0) is 12.7. The normalized spacial score (nSPS) is 10.5. The third-order valence-electron chi connectivity index (χ3n) is 2.24. The second kappa shape index (κ2) is 7.16. The predicted octanol–water partition coefficient (Wildman–Crippen LogP) is 0.586. The molecule has 0 unspecified atom stereocenters. The summed E-state index contributed by atoms with van der Waals surface area (Å²) in [6, 6.07) is 0. The molecule has 1 aromatic heterocycles. The number of anilines is 1. The third kappa shape index (κ3) is 4.26. The van der Waals surface area contributed by atoms with E-state index < -0.39 is 0 Å². The molecule has 0 saturated carbocycles. The third-order valence-corrected chi connectivity index (χ3v) is 3.09. The maximum Gasteiger partial charge on any atom is 0.242 e. The van der Waals surface area contributed by atoms with Crippen LogP contribution in [0.25, 0.3) is 0 Å². The number of rotatable bonds is 7. The van der Waals surface area contributed by atoms with Gasteiger partial charge < -0.3 is 5.11 Å². The van der Waals surface area contributed by atoms with Gasteiger partial charge in [-0.1, -0.05) is 6.08 Å². The van der Waals surface area contributed by atoms with Gasteiger partial charge >= 0.3 is 0 Å². The summed E-state index contributed by atoms with van der Waals surface area (Å²) in [5, 5.41) is 11.4. The Kier molecular flexibility index (Phi) is 5.82. The standard InChI is InChI=1S/C11H17N3O2S/c1-3-5-14(6-7-15)9-10(16)13(2)11-12-4-8-17-11/h3-4,8,15H,1,5-7,9H2,2H3. The van der Waals surface area contributed by atoms with Crippen LogP contribution in [0.15, 0.2) is 24.2 Å². The topological polar surface area (TPSA) is 56.7 Å². The van der Waals surface area contributed by atoms with E-state index in [2.05, 4.69) is 11.6 Å². The lowest BCUT2D eigenvalue weighted by Crippen LogP contribution is -2.39. The number of aromatic nitrogens is 1. The molecular formula is C11H17N3O2S. The fourth-order valence-corrected chi connectivity index (χ4v) is 1.97. The highest BCUT2D eigenvalue weighted by Crippen LogP contribution is 2.15. The van der Waals surface area contributed by atoms with Gasteiger partial charge in [-0.25, -0.2) is 4.98 Å². The minimum atomic E-state index is -0.0461. The van der Waals surface area contributed by atoms with E-state index in [1.807, 2.05) is 10.3 Å². The Morgan fingerprint density at radius 3 is 3.00 bits per heavy atom. The molecule has 1 rings (SSSR count). The lowest BCUT2D eigenvalue weighted by atomic mass is 10.4. The van der Waals surface area contributed by atoms with Crippen LogP contribution in [0.1, 0.15) is 0 Å². The van der Waals surface area contributed by atoms with Crippen LogP contribution in [0.2, 0.25) is 0 Å². The smallest absolute Gasteiger partial charge is 0.242 e. The predicted molar refractivity (Wildman–Crippen MR) is 69.2 cm³/mol. The number of hydrogen-bond donors (Lipinski definition) is 1. The molecule has 0 fully saturated rings. The summed E-state index contributed by atoms with van der Waals surface area (Å²) in [6.07, 6.45) is 3.38. The van der Waals surface area contributed by atoms with Crippen molar-refractivity contribution in [3.8, 4) is 0 Å². The van der Waals surface area contributed by atoms with Crippen LogP contribution in [-0.2, 0) is 4.79 Å². The van der Waals surface area contributed by atoms with Crippen molar-refractivity contribution in [3.05, 3.63) is 24.2 Å². The number of carbonyl (C=O) groups is 1. The fourth-order valence-electron chi connectivity index (χ4n) is 1.34.